The van der Waals surface area contributed by atoms with Crippen molar-refractivity contribution in [3.63, 3.8) is 0 Å². The van der Waals surface area contributed by atoms with Crippen molar-refractivity contribution >= 4 is 28.2 Å². The molecule has 3 aliphatic heterocycles. The summed E-state index contributed by atoms with van der Waals surface area (Å²) in [6, 6.07) is 7.13. The van der Waals surface area contributed by atoms with Gasteiger partial charge in [-0.3, -0.25) is 4.90 Å². The molecule has 2 saturated heterocycles. The van der Waals surface area contributed by atoms with Crippen molar-refractivity contribution in [1.29, 1.82) is 5.26 Å². The van der Waals surface area contributed by atoms with Crippen LogP contribution in [0.3, 0.4) is 0 Å². The number of hydrogen-bond acceptors (Lipinski definition) is 10. The van der Waals surface area contributed by atoms with Gasteiger partial charge in [0.15, 0.2) is 17.5 Å². The van der Waals surface area contributed by atoms with Gasteiger partial charge >= 0.3 is 6.01 Å². The van der Waals surface area contributed by atoms with Crippen LogP contribution < -0.4 is 24.6 Å². The van der Waals surface area contributed by atoms with E-state index in [-0.39, 0.29) is 77.5 Å². The van der Waals surface area contributed by atoms with Crippen LogP contribution in [0.15, 0.2) is 24.4 Å². The quantitative estimate of drug-likeness (QED) is 0.222. The maximum absolute atomic E-state index is 15.9. The van der Waals surface area contributed by atoms with E-state index in [1.165, 1.54) is 24.3 Å². The van der Waals surface area contributed by atoms with Crippen molar-refractivity contribution in [2.45, 2.75) is 72.6 Å². The third kappa shape index (κ3) is 9.47. The molecule has 3 atom stereocenters. The van der Waals surface area contributed by atoms with Crippen molar-refractivity contribution in [3.05, 3.63) is 43.5 Å². The van der Waals surface area contributed by atoms with Crippen LogP contribution >= 0.6 is 0 Å². The number of methoxy groups -OCH3 is 1. The standard InChI is InChI=1S/C22H21F2N7O2.C8H16FN.C2H6.CH4.CH3.Pd/c1-32-22-28-18-14(20(29-22)30-8-7-26-13(12-30)5-6-25)11-27-21(17(18)24)31-9-10-33-16-4-2-3-15(23)19(16)31;1-3-8-5-7(9)6-10(8)4-2;1-2;;;/h2-4,11,13,26H,5,7-10,12H2,1H3;7-8H,3-6H2,1-2H3;1-2H3;1H4;1H3;/q;;;;-1;. The number of nitrogens with one attached hydrogen (secondary N) is 1. The van der Waals surface area contributed by atoms with E-state index >= 15 is 4.39 Å². The average molecular weight is 766 g/mol. The Bertz CT molecular complexity index is 1470. The molecule has 2 aromatic heterocycles. The molecule has 0 bridgehead atoms. The van der Waals surface area contributed by atoms with Crippen LogP contribution in [0.1, 0.15) is 54.4 Å². The summed E-state index contributed by atoms with van der Waals surface area (Å²) in [6.45, 7) is 12.2. The second kappa shape index (κ2) is 20.3. The van der Waals surface area contributed by atoms with Gasteiger partial charge in [-0.05, 0) is 31.5 Å². The fraction of sp³-hybridized carbons (Fsp3) is 0.559. The Morgan fingerprint density at radius 3 is 2.52 bits per heavy atom. The number of pyridine rings is 1. The predicted molar refractivity (Wildman–Crippen MR) is 182 cm³/mol. The van der Waals surface area contributed by atoms with Gasteiger partial charge in [0.25, 0.3) is 0 Å². The molecule has 48 heavy (non-hydrogen) atoms. The van der Waals surface area contributed by atoms with Crippen molar-refractivity contribution in [3.8, 4) is 17.8 Å². The van der Waals surface area contributed by atoms with Gasteiger partial charge in [-0.1, -0.05) is 41.2 Å². The number of benzene rings is 1. The molecular weight excluding hydrogens is 716 g/mol. The van der Waals surface area contributed by atoms with Crippen LogP contribution in [0.2, 0.25) is 0 Å². The first-order valence-corrected chi connectivity index (χ1v) is 15.7. The SMILES string of the molecule is C.CC.CCC1CC(F)CN1CC.COc1nc(N2CCNC(CC#N)C2)c2cnc(N3CCOc4cccc(F)c43)c(F)c2n1.[CH3-].[Pd]. The molecule has 6 rings (SSSR count). The van der Waals surface area contributed by atoms with Crippen molar-refractivity contribution in [1.82, 2.24) is 25.2 Å². The molecule has 2 fully saturated rings. The number of piperazine rings is 1. The Morgan fingerprint density at radius 2 is 1.88 bits per heavy atom. The normalized spacial score (nSPS) is 19.8. The van der Waals surface area contributed by atoms with Crippen LogP contribution in [-0.4, -0.2) is 91.1 Å². The second-order valence-corrected chi connectivity index (χ2v) is 10.7. The van der Waals surface area contributed by atoms with E-state index in [1.54, 1.807) is 12.1 Å². The molecule has 3 unspecified atom stereocenters. The number of nitrogens with zero attached hydrogens (tertiary/aromatic N) is 7. The minimum absolute atomic E-state index is 0. The maximum Gasteiger partial charge on any atom is 0.318 e. The Balaban J connectivity index is 0.000000660. The molecule has 0 aliphatic carbocycles. The van der Waals surface area contributed by atoms with Crippen molar-refractivity contribution in [2.24, 2.45) is 0 Å². The minimum atomic E-state index is -0.700. The van der Waals surface area contributed by atoms with Gasteiger partial charge in [-0.15, -0.1) is 0 Å². The number of nitriles is 1. The van der Waals surface area contributed by atoms with Crippen LogP contribution in [0.5, 0.6) is 11.8 Å². The second-order valence-electron chi connectivity index (χ2n) is 10.7. The molecule has 0 spiro atoms. The van der Waals surface area contributed by atoms with Gasteiger partial charge in [0.05, 0.1) is 31.5 Å². The zero-order chi connectivity index (χ0) is 32.5. The van der Waals surface area contributed by atoms with E-state index in [9.17, 15) is 8.78 Å². The number of hydrogen-bond donors (Lipinski definition) is 1. The number of anilines is 3. The monoisotopic (exact) mass is 765 g/mol. The largest absolute Gasteiger partial charge is 0.489 e. The summed E-state index contributed by atoms with van der Waals surface area (Å²) in [5.41, 5.74) is 0.166. The van der Waals surface area contributed by atoms with E-state index in [1.807, 2.05) is 18.7 Å². The van der Waals surface area contributed by atoms with Gasteiger partial charge in [0.1, 0.15) is 35.6 Å². The Hall–Kier alpha value is -3.23. The van der Waals surface area contributed by atoms with E-state index in [0.717, 1.165) is 19.4 Å². The molecule has 3 aliphatic rings. The number of alkyl halides is 1. The van der Waals surface area contributed by atoms with Crippen LogP contribution in [0.4, 0.5) is 30.5 Å². The van der Waals surface area contributed by atoms with Gasteiger partial charge in [0, 0.05) is 64.9 Å². The zero-order valence-corrected chi connectivity index (χ0v) is 29.6. The summed E-state index contributed by atoms with van der Waals surface area (Å²) in [5.74, 6) is -0.472. The van der Waals surface area contributed by atoms with Crippen LogP contribution in [-0.2, 0) is 20.4 Å². The van der Waals surface area contributed by atoms with Crippen molar-refractivity contribution in [2.75, 3.05) is 62.8 Å². The molecule has 0 saturated carbocycles. The summed E-state index contributed by atoms with van der Waals surface area (Å²) in [5, 5.41) is 12.8. The van der Waals surface area contributed by atoms with E-state index in [2.05, 4.69) is 45.1 Å². The molecule has 0 amide bonds. The Labute approximate surface area is 297 Å². The predicted octanol–water partition coefficient (Wildman–Crippen LogP) is 6.47. The number of fused-ring (bicyclic) bond motifs is 2. The number of ether oxygens (including phenoxy) is 2. The third-order valence-corrected chi connectivity index (χ3v) is 8.10. The molecular formula is C34H50F3N8O2Pd-. The molecule has 14 heteroatoms. The first kappa shape index (κ1) is 42.8. The first-order valence-electron chi connectivity index (χ1n) is 15.7. The molecule has 0 radical (unpaired) electrons. The smallest absolute Gasteiger partial charge is 0.318 e. The van der Waals surface area contributed by atoms with E-state index < -0.39 is 17.8 Å². The van der Waals surface area contributed by atoms with Gasteiger partial charge < -0.3 is 32.0 Å². The topological polar surface area (TPSA) is 103 Å². The number of likely N-dealkylation sites (tertiary alicyclic amines) is 1. The molecule has 5 heterocycles. The van der Waals surface area contributed by atoms with Crippen LogP contribution in [0, 0.1) is 30.4 Å². The fourth-order valence-electron chi connectivity index (χ4n) is 5.98. The number of rotatable bonds is 6. The van der Waals surface area contributed by atoms with E-state index in [0.29, 0.717) is 55.6 Å². The summed E-state index contributed by atoms with van der Waals surface area (Å²) in [6.07, 6.45) is 3.12. The Morgan fingerprint density at radius 1 is 1.12 bits per heavy atom. The van der Waals surface area contributed by atoms with Gasteiger partial charge in [0.2, 0.25) is 0 Å². The molecule has 1 aromatic carbocycles. The number of aromatic nitrogens is 3. The third-order valence-electron chi connectivity index (χ3n) is 8.10. The summed E-state index contributed by atoms with van der Waals surface area (Å²) in [4.78, 5) is 18.7. The Kier molecular flexibility index (Phi) is 18.1. The molecule has 1 N–H and O–H groups in total. The minimum Gasteiger partial charge on any atom is -0.489 e. The van der Waals surface area contributed by atoms with Gasteiger partial charge in [-0.2, -0.15) is 15.2 Å². The number of halogens is 3. The maximum atomic E-state index is 15.9. The average Bonchev–Trinajstić information content (AvgIpc) is 3.45. The fourth-order valence-corrected chi connectivity index (χ4v) is 5.98. The number of para-hydroxylation sites is 1. The molecule has 10 nitrogen and oxygen atoms in total. The molecule has 3 aromatic rings. The zero-order valence-electron chi connectivity index (χ0n) is 28.0. The van der Waals surface area contributed by atoms with Crippen LogP contribution in [0.25, 0.3) is 10.9 Å². The van der Waals surface area contributed by atoms with E-state index in [4.69, 9.17) is 14.7 Å². The van der Waals surface area contributed by atoms with Gasteiger partial charge in [-0.25, -0.2) is 18.2 Å². The summed E-state index contributed by atoms with van der Waals surface area (Å²) < 4.78 is 54.0. The molecule has 270 valence electrons. The first-order chi connectivity index (χ1) is 21.9. The summed E-state index contributed by atoms with van der Waals surface area (Å²) in [7, 11) is 1.41. The van der Waals surface area contributed by atoms with Crippen molar-refractivity contribution < 1.29 is 43.1 Å². The summed E-state index contributed by atoms with van der Waals surface area (Å²) >= 11 is 0.